The molecule has 0 spiro atoms. The largest absolute Gasteiger partial charge is 0.370 e. The zero-order chi connectivity index (χ0) is 14.9. The van der Waals surface area contributed by atoms with Crippen LogP contribution in [0, 0.1) is 11.7 Å². The van der Waals surface area contributed by atoms with Crippen molar-refractivity contribution >= 4 is 33.3 Å². The van der Waals surface area contributed by atoms with Crippen LogP contribution in [-0.4, -0.2) is 18.5 Å². The average molecular weight is 364 g/mol. The van der Waals surface area contributed by atoms with Crippen molar-refractivity contribution in [2.75, 3.05) is 7.11 Å². The van der Waals surface area contributed by atoms with Crippen LogP contribution >= 0.6 is 27.5 Å². The molecule has 1 aromatic rings. The summed E-state index contributed by atoms with van der Waals surface area (Å²) in [5, 5.41) is -0.0639. The molecule has 1 saturated carbocycles. The van der Waals surface area contributed by atoms with E-state index in [2.05, 4.69) is 22.9 Å². The van der Waals surface area contributed by atoms with E-state index in [1.807, 2.05) is 0 Å². The maximum Gasteiger partial charge on any atom is 0.197 e. The van der Waals surface area contributed by atoms with Gasteiger partial charge in [0.1, 0.15) is 5.60 Å². The first-order chi connectivity index (χ1) is 9.41. The second-order valence-corrected chi connectivity index (χ2v) is 6.68. The zero-order valence-electron chi connectivity index (χ0n) is 11.5. The lowest BCUT2D eigenvalue weighted by atomic mass is 9.75. The number of Topliss-reactive ketones (excluding diaryl/α,β-unsaturated/α-hetero) is 1. The van der Waals surface area contributed by atoms with Gasteiger partial charge in [0, 0.05) is 11.6 Å². The van der Waals surface area contributed by atoms with Crippen LogP contribution in [-0.2, 0) is 4.74 Å². The summed E-state index contributed by atoms with van der Waals surface area (Å²) < 4.78 is 20.2. The minimum atomic E-state index is -0.921. The Morgan fingerprint density at radius 2 is 2.25 bits per heavy atom. The molecule has 0 aliphatic heterocycles. The molecule has 1 aromatic carbocycles. The maximum absolute atomic E-state index is 14.2. The average Bonchev–Trinajstić information content (AvgIpc) is 2.44. The van der Waals surface area contributed by atoms with Gasteiger partial charge in [-0.2, -0.15) is 0 Å². The van der Waals surface area contributed by atoms with Gasteiger partial charge >= 0.3 is 0 Å². The van der Waals surface area contributed by atoms with Gasteiger partial charge in [-0.25, -0.2) is 4.39 Å². The lowest BCUT2D eigenvalue weighted by molar-refractivity contribution is -0.0305. The molecule has 1 aliphatic rings. The number of benzene rings is 1. The van der Waals surface area contributed by atoms with Gasteiger partial charge in [-0.3, -0.25) is 4.79 Å². The molecule has 0 amide bonds. The fourth-order valence-corrected chi connectivity index (χ4v) is 3.41. The summed E-state index contributed by atoms with van der Waals surface area (Å²) >= 11 is 9.02. The second kappa shape index (κ2) is 6.12. The van der Waals surface area contributed by atoms with Crippen LogP contribution in [0.5, 0.6) is 0 Å². The molecule has 2 rings (SSSR count). The molecule has 0 radical (unpaired) electrons. The molecule has 20 heavy (non-hydrogen) atoms. The molecular weight excluding hydrogens is 347 g/mol. The summed E-state index contributed by atoms with van der Waals surface area (Å²) in [6.07, 6.45) is 3.23. The van der Waals surface area contributed by atoms with Crippen LogP contribution in [0.4, 0.5) is 4.39 Å². The Morgan fingerprint density at radius 1 is 1.55 bits per heavy atom. The number of carbonyl (C=O) groups is 1. The molecule has 0 heterocycles. The summed E-state index contributed by atoms with van der Waals surface area (Å²) in [4.78, 5) is 12.7. The first-order valence-corrected chi connectivity index (χ1v) is 7.82. The van der Waals surface area contributed by atoms with Crippen molar-refractivity contribution in [1.82, 2.24) is 0 Å². The normalized spacial score (nSPS) is 26.6. The van der Waals surface area contributed by atoms with Gasteiger partial charge in [0.05, 0.1) is 10.6 Å². The Hall–Kier alpha value is -0.450. The number of halogens is 3. The summed E-state index contributed by atoms with van der Waals surface area (Å²) in [6.45, 7) is 2.09. The van der Waals surface area contributed by atoms with Crippen LogP contribution in [0.1, 0.15) is 43.0 Å². The van der Waals surface area contributed by atoms with E-state index < -0.39 is 11.4 Å². The van der Waals surface area contributed by atoms with Crippen molar-refractivity contribution in [2.24, 2.45) is 5.92 Å². The van der Waals surface area contributed by atoms with Crippen LogP contribution in [0.2, 0.25) is 5.02 Å². The number of ketones is 1. The van der Waals surface area contributed by atoms with Gasteiger partial charge in [-0.1, -0.05) is 24.9 Å². The first-order valence-electron chi connectivity index (χ1n) is 6.65. The first kappa shape index (κ1) is 15.9. The maximum atomic E-state index is 14.2. The summed E-state index contributed by atoms with van der Waals surface area (Å²) in [5.41, 5.74) is -0.912. The van der Waals surface area contributed by atoms with E-state index in [0.29, 0.717) is 23.2 Å². The molecule has 0 bridgehead atoms. The van der Waals surface area contributed by atoms with Gasteiger partial charge in [-0.05, 0) is 53.2 Å². The summed E-state index contributed by atoms with van der Waals surface area (Å²) in [7, 11) is 1.52. The molecular formula is C15H17BrClFO2. The monoisotopic (exact) mass is 362 g/mol. The highest BCUT2D eigenvalue weighted by Crippen LogP contribution is 2.39. The molecule has 1 aliphatic carbocycles. The van der Waals surface area contributed by atoms with E-state index in [-0.39, 0.29) is 16.4 Å². The van der Waals surface area contributed by atoms with E-state index in [9.17, 15) is 9.18 Å². The Balaban J connectivity index is 2.41. The minimum Gasteiger partial charge on any atom is -0.370 e. The molecule has 0 saturated heterocycles. The molecule has 2 atom stereocenters. The molecule has 1 fully saturated rings. The van der Waals surface area contributed by atoms with Crippen LogP contribution in [0.15, 0.2) is 16.6 Å². The van der Waals surface area contributed by atoms with Crippen molar-refractivity contribution in [1.29, 1.82) is 0 Å². The van der Waals surface area contributed by atoms with Gasteiger partial charge in [0.25, 0.3) is 0 Å². The Kier molecular flexibility index (Phi) is 4.88. The smallest absolute Gasteiger partial charge is 0.197 e. The Morgan fingerprint density at radius 3 is 2.85 bits per heavy atom. The van der Waals surface area contributed by atoms with Gasteiger partial charge in [0.2, 0.25) is 0 Å². The number of methoxy groups -OCH3 is 1. The van der Waals surface area contributed by atoms with Crippen molar-refractivity contribution in [3.63, 3.8) is 0 Å². The summed E-state index contributed by atoms with van der Waals surface area (Å²) in [5.74, 6) is -0.597. The lowest BCUT2D eigenvalue weighted by Crippen LogP contribution is -2.45. The van der Waals surface area contributed by atoms with Crippen molar-refractivity contribution in [3.05, 3.63) is 33.0 Å². The highest BCUT2D eigenvalue weighted by molar-refractivity contribution is 9.10. The topological polar surface area (TPSA) is 26.3 Å². The van der Waals surface area contributed by atoms with Crippen molar-refractivity contribution in [3.8, 4) is 0 Å². The summed E-state index contributed by atoms with van der Waals surface area (Å²) in [6, 6.07) is 3.06. The van der Waals surface area contributed by atoms with Crippen LogP contribution in [0.25, 0.3) is 0 Å². The molecule has 5 heteroatoms. The Bertz CT molecular complexity index is 535. The van der Waals surface area contributed by atoms with E-state index >= 15 is 0 Å². The molecule has 110 valence electrons. The predicted molar refractivity (Wildman–Crippen MR) is 80.8 cm³/mol. The predicted octanol–water partition coefficient (Wildman–Crippen LogP) is 5.02. The number of carbonyl (C=O) groups excluding carboxylic acids is 1. The number of ether oxygens (including phenoxy) is 1. The number of hydrogen-bond donors (Lipinski definition) is 0. The zero-order valence-corrected chi connectivity index (χ0v) is 13.9. The van der Waals surface area contributed by atoms with Crippen molar-refractivity contribution < 1.29 is 13.9 Å². The fourth-order valence-electron chi connectivity index (χ4n) is 2.93. The van der Waals surface area contributed by atoms with Crippen LogP contribution in [0.3, 0.4) is 0 Å². The van der Waals surface area contributed by atoms with E-state index in [0.717, 1.165) is 12.8 Å². The van der Waals surface area contributed by atoms with Gasteiger partial charge < -0.3 is 4.74 Å². The lowest BCUT2D eigenvalue weighted by Gasteiger charge is -2.37. The van der Waals surface area contributed by atoms with E-state index in [1.54, 1.807) is 6.07 Å². The quantitative estimate of drug-likeness (QED) is 0.557. The second-order valence-electron chi connectivity index (χ2n) is 5.45. The molecule has 2 nitrogen and oxygen atoms in total. The van der Waals surface area contributed by atoms with Crippen LogP contribution < -0.4 is 0 Å². The molecule has 2 unspecified atom stereocenters. The molecule has 0 aromatic heterocycles. The minimum absolute atomic E-state index is 0.00847. The van der Waals surface area contributed by atoms with Gasteiger partial charge in [-0.15, -0.1) is 0 Å². The third-order valence-corrected chi connectivity index (χ3v) is 5.30. The highest BCUT2D eigenvalue weighted by atomic mass is 79.9. The third kappa shape index (κ3) is 2.78. The SMILES string of the molecule is COC1(C(=O)c2ccc(Br)c(Cl)c2F)CCCC(C)C1. The number of hydrogen-bond acceptors (Lipinski definition) is 2. The van der Waals surface area contributed by atoms with E-state index in [4.69, 9.17) is 16.3 Å². The fraction of sp³-hybridized carbons (Fsp3) is 0.533. The standard InChI is InChI=1S/C15H17BrClFO2/c1-9-4-3-7-15(8-9,20-2)14(19)10-5-6-11(16)12(17)13(10)18/h5-6,9H,3-4,7-8H2,1-2H3. The van der Waals surface area contributed by atoms with Gasteiger partial charge in [0.15, 0.2) is 11.6 Å². The Labute approximate surface area is 131 Å². The molecule has 0 N–H and O–H groups in total. The van der Waals surface area contributed by atoms with Crippen molar-refractivity contribution in [2.45, 2.75) is 38.2 Å². The third-order valence-electron chi connectivity index (χ3n) is 4.04. The number of rotatable bonds is 3. The van der Waals surface area contributed by atoms with E-state index in [1.165, 1.54) is 13.2 Å². The highest BCUT2D eigenvalue weighted by Gasteiger charge is 2.43.